The molecule has 1 aliphatic rings. The molecular formula is C20H36O3S. The molecule has 0 bridgehead atoms. The SMILES string of the molecule is CCCCC/C=C\CC1SC1CCCCCCCC(=O)OCCO. The lowest BCUT2D eigenvalue weighted by Crippen LogP contribution is -2.07. The minimum atomic E-state index is -0.177. The van der Waals surface area contributed by atoms with Gasteiger partial charge >= 0.3 is 5.97 Å². The smallest absolute Gasteiger partial charge is 0.305 e. The Morgan fingerprint density at radius 2 is 1.83 bits per heavy atom. The molecule has 0 aromatic heterocycles. The van der Waals surface area contributed by atoms with Crippen LogP contribution in [0.1, 0.15) is 84.0 Å². The van der Waals surface area contributed by atoms with Crippen LogP contribution >= 0.6 is 11.8 Å². The van der Waals surface area contributed by atoms with Gasteiger partial charge in [-0.15, -0.1) is 0 Å². The molecule has 2 unspecified atom stereocenters. The maximum absolute atomic E-state index is 11.2. The van der Waals surface area contributed by atoms with Gasteiger partial charge in [0.1, 0.15) is 6.61 Å². The van der Waals surface area contributed by atoms with E-state index in [2.05, 4.69) is 30.8 Å². The van der Waals surface area contributed by atoms with Gasteiger partial charge in [0.2, 0.25) is 0 Å². The third-order valence-corrected chi connectivity index (χ3v) is 5.89. The van der Waals surface area contributed by atoms with Crippen molar-refractivity contribution in [2.24, 2.45) is 0 Å². The van der Waals surface area contributed by atoms with Gasteiger partial charge in [0.15, 0.2) is 0 Å². The van der Waals surface area contributed by atoms with Gasteiger partial charge in [-0.25, -0.2) is 0 Å². The number of esters is 1. The van der Waals surface area contributed by atoms with E-state index in [1.807, 2.05) is 0 Å². The summed E-state index contributed by atoms with van der Waals surface area (Å²) in [6.45, 7) is 2.30. The second-order valence-electron chi connectivity index (χ2n) is 6.67. The van der Waals surface area contributed by atoms with Gasteiger partial charge in [-0.05, 0) is 32.1 Å². The number of aliphatic hydroxyl groups excluding tert-OH is 1. The number of unbranched alkanes of at least 4 members (excludes halogenated alkanes) is 7. The monoisotopic (exact) mass is 356 g/mol. The predicted molar refractivity (Wildman–Crippen MR) is 103 cm³/mol. The maximum atomic E-state index is 11.2. The number of rotatable bonds is 16. The van der Waals surface area contributed by atoms with E-state index in [9.17, 15) is 4.79 Å². The van der Waals surface area contributed by atoms with Crippen molar-refractivity contribution in [2.45, 2.75) is 94.5 Å². The van der Waals surface area contributed by atoms with Crippen LogP contribution in [0.5, 0.6) is 0 Å². The lowest BCUT2D eigenvalue weighted by Gasteiger charge is -2.03. The van der Waals surface area contributed by atoms with Crippen LogP contribution in [-0.4, -0.2) is 34.8 Å². The molecule has 3 nitrogen and oxygen atoms in total. The van der Waals surface area contributed by atoms with E-state index in [4.69, 9.17) is 9.84 Å². The maximum Gasteiger partial charge on any atom is 0.305 e. The average Bonchev–Trinajstić information content (AvgIpc) is 3.33. The van der Waals surface area contributed by atoms with Crippen LogP contribution < -0.4 is 0 Å². The molecule has 1 N–H and O–H groups in total. The van der Waals surface area contributed by atoms with Crippen molar-refractivity contribution in [2.75, 3.05) is 13.2 Å². The Bertz CT molecular complexity index is 344. The molecule has 0 spiro atoms. The lowest BCUT2D eigenvalue weighted by molar-refractivity contribution is -0.144. The van der Waals surface area contributed by atoms with Crippen LogP contribution in [0, 0.1) is 0 Å². The van der Waals surface area contributed by atoms with Gasteiger partial charge < -0.3 is 9.84 Å². The molecule has 0 radical (unpaired) electrons. The fourth-order valence-corrected chi connectivity index (χ4v) is 4.01. The van der Waals surface area contributed by atoms with Crippen LogP contribution in [0.25, 0.3) is 0 Å². The van der Waals surface area contributed by atoms with Crippen LogP contribution in [0.3, 0.4) is 0 Å². The normalized spacial score (nSPS) is 19.8. The van der Waals surface area contributed by atoms with Crippen molar-refractivity contribution in [1.29, 1.82) is 0 Å². The van der Waals surface area contributed by atoms with Crippen LogP contribution in [0.2, 0.25) is 0 Å². The first-order valence-electron chi connectivity index (χ1n) is 9.84. The zero-order valence-corrected chi connectivity index (χ0v) is 16.2. The molecular weight excluding hydrogens is 320 g/mol. The van der Waals surface area contributed by atoms with E-state index in [-0.39, 0.29) is 19.2 Å². The second kappa shape index (κ2) is 14.8. The quantitative estimate of drug-likeness (QED) is 0.177. The Morgan fingerprint density at radius 1 is 1.04 bits per heavy atom. The van der Waals surface area contributed by atoms with E-state index in [0.717, 1.165) is 23.3 Å². The molecule has 2 atom stereocenters. The van der Waals surface area contributed by atoms with Gasteiger partial charge in [-0.1, -0.05) is 57.6 Å². The van der Waals surface area contributed by atoms with Crippen molar-refractivity contribution in [3.05, 3.63) is 12.2 Å². The molecule has 1 rings (SSSR count). The lowest BCUT2D eigenvalue weighted by atomic mass is 10.1. The first-order valence-corrected chi connectivity index (χ1v) is 10.8. The zero-order chi connectivity index (χ0) is 17.5. The second-order valence-corrected chi connectivity index (χ2v) is 8.15. The summed E-state index contributed by atoms with van der Waals surface area (Å²) in [4.78, 5) is 11.2. The summed E-state index contributed by atoms with van der Waals surface area (Å²) < 4.78 is 4.83. The topological polar surface area (TPSA) is 46.5 Å². The van der Waals surface area contributed by atoms with Crippen molar-refractivity contribution >= 4 is 17.7 Å². The Hall–Kier alpha value is -0.480. The first kappa shape index (κ1) is 21.6. The number of carbonyl (C=O) groups excluding carboxylic acids is 1. The number of thioether (sulfide) groups is 1. The molecule has 4 heteroatoms. The van der Waals surface area contributed by atoms with E-state index in [1.165, 1.54) is 57.8 Å². The van der Waals surface area contributed by atoms with Gasteiger partial charge in [0.25, 0.3) is 0 Å². The molecule has 1 heterocycles. The van der Waals surface area contributed by atoms with Crippen molar-refractivity contribution in [3.8, 4) is 0 Å². The summed E-state index contributed by atoms with van der Waals surface area (Å²) >= 11 is 2.15. The molecule has 1 fully saturated rings. The van der Waals surface area contributed by atoms with Crippen molar-refractivity contribution in [1.82, 2.24) is 0 Å². The van der Waals surface area contributed by atoms with Crippen LogP contribution in [0.15, 0.2) is 12.2 Å². The van der Waals surface area contributed by atoms with E-state index >= 15 is 0 Å². The Kier molecular flexibility index (Phi) is 13.3. The van der Waals surface area contributed by atoms with E-state index in [1.54, 1.807) is 0 Å². The molecule has 0 saturated carbocycles. The summed E-state index contributed by atoms with van der Waals surface area (Å²) in [5.74, 6) is -0.177. The van der Waals surface area contributed by atoms with Crippen LogP contribution in [-0.2, 0) is 9.53 Å². The number of aliphatic hydroxyl groups is 1. The third-order valence-electron chi connectivity index (χ3n) is 4.42. The Morgan fingerprint density at radius 3 is 2.62 bits per heavy atom. The highest BCUT2D eigenvalue weighted by Gasteiger charge is 2.35. The molecule has 0 amide bonds. The van der Waals surface area contributed by atoms with E-state index < -0.39 is 0 Å². The summed E-state index contributed by atoms with van der Waals surface area (Å²) in [5, 5.41) is 10.3. The van der Waals surface area contributed by atoms with Gasteiger partial charge in [0, 0.05) is 16.9 Å². The molecule has 140 valence electrons. The zero-order valence-electron chi connectivity index (χ0n) is 15.4. The fraction of sp³-hybridized carbons (Fsp3) is 0.850. The van der Waals surface area contributed by atoms with Gasteiger partial charge in [-0.3, -0.25) is 4.79 Å². The molecule has 0 aliphatic carbocycles. The molecule has 1 saturated heterocycles. The van der Waals surface area contributed by atoms with Gasteiger partial charge in [-0.2, -0.15) is 11.8 Å². The summed E-state index contributed by atoms with van der Waals surface area (Å²) in [6, 6.07) is 0. The fourth-order valence-electron chi connectivity index (χ4n) is 2.88. The summed E-state index contributed by atoms with van der Waals surface area (Å²) in [7, 11) is 0. The standard InChI is InChI=1S/C20H36O3S/c1-2-3-4-5-7-10-13-18-19(24-18)14-11-8-6-9-12-15-20(22)23-17-16-21/h7,10,18-19,21H,2-6,8-9,11-17H2,1H3/b10-7-. The highest BCUT2D eigenvalue weighted by Crippen LogP contribution is 2.46. The summed E-state index contributed by atoms with van der Waals surface area (Å²) in [5.41, 5.74) is 0. The minimum Gasteiger partial charge on any atom is -0.463 e. The minimum absolute atomic E-state index is 0.0828. The number of allylic oxidation sites excluding steroid dienone is 2. The average molecular weight is 357 g/mol. The van der Waals surface area contributed by atoms with Gasteiger partial charge in [0.05, 0.1) is 6.61 Å². The third kappa shape index (κ3) is 12.0. The molecule has 24 heavy (non-hydrogen) atoms. The number of ether oxygens (including phenoxy) is 1. The number of carbonyl (C=O) groups is 1. The largest absolute Gasteiger partial charge is 0.463 e. The number of hydrogen-bond donors (Lipinski definition) is 1. The van der Waals surface area contributed by atoms with E-state index in [0.29, 0.717) is 6.42 Å². The van der Waals surface area contributed by atoms with Crippen molar-refractivity contribution in [3.63, 3.8) is 0 Å². The first-order chi connectivity index (χ1) is 11.8. The molecule has 0 aromatic rings. The Balaban J connectivity index is 1.82. The summed E-state index contributed by atoms with van der Waals surface area (Å²) in [6.07, 6.45) is 19.0. The highest BCUT2D eigenvalue weighted by molar-refractivity contribution is 8.07. The number of hydrogen-bond acceptors (Lipinski definition) is 4. The highest BCUT2D eigenvalue weighted by atomic mass is 32.2. The molecule has 0 aromatic carbocycles. The molecule has 1 aliphatic heterocycles. The predicted octanol–water partition coefficient (Wildman–Crippen LogP) is 5.26. The van der Waals surface area contributed by atoms with Crippen molar-refractivity contribution < 1.29 is 14.6 Å². The van der Waals surface area contributed by atoms with Crippen LogP contribution in [0.4, 0.5) is 0 Å². The Labute approximate surface area is 152 Å².